The van der Waals surface area contributed by atoms with E-state index in [0.717, 1.165) is 5.39 Å². The van der Waals surface area contributed by atoms with Gasteiger partial charge in [0.2, 0.25) is 10.6 Å². The molecule has 8 atom stereocenters. The van der Waals surface area contributed by atoms with Gasteiger partial charge < -0.3 is 51.9 Å². The van der Waals surface area contributed by atoms with E-state index in [-0.39, 0.29) is 51.2 Å². The smallest absolute Gasteiger partial charge is 0.225 e. The Bertz CT molecular complexity index is 2180. The summed E-state index contributed by atoms with van der Waals surface area (Å²) in [5, 5.41) is 12.6. The molecule has 340 valence electrons. The number of hydrogen-bond donors (Lipinski definition) is 2. The highest BCUT2D eigenvalue weighted by Crippen LogP contribution is 2.46. The zero-order chi connectivity index (χ0) is 45.2. The zero-order valence-corrected chi connectivity index (χ0v) is 42.3. The number of halogens is 4. The van der Waals surface area contributed by atoms with Gasteiger partial charge in [-0.2, -0.15) is 9.97 Å². The molecule has 2 N–H and O–H groups in total. The van der Waals surface area contributed by atoms with E-state index in [0.29, 0.717) is 40.2 Å². The van der Waals surface area contributed by atoms with Crippen LogP contribution in [0.15, 0.2) is 24.5 Å². The summed E-state index contributed by atoms with van der Waals surface area (Å²) in [6.07, 6.45) is 0.460. The van der Waals surface area contributed by atoms with Crippen molar-refractivity contribution in [3.8, 4) is 0 Å². The molecule has 4 saturated heterocycles. The third-order valence-electron chi connectivity index (χ3n) is 12.2. The van der Waals surface area contributed by atoms with Crippen LogP contribution in [0.1, 0.15) is 75.5 Å². The Labute approximate surface area is 379 Å². The second kappa shape index (κ2) is 17.7. The molecule has 4 aliphatic heterocycles. The van der Waals surface area contributed by atoms with Gasteiger partial charge in [-0.3, -0.25) is 0 Å². The van der Waals surface area contributed by atoms with Crippen molar-refractivity contribution in [1.29, 1.82) is 0 Å². The van der Waals surface area contributed by atoms with Gasteiger partial charge in [0.1, 0.15) is 58.2 Å². The van der Waals surface area contributed by atoms with E-state index in [1.165, 1.54) is 0 Å². The van der Waals surface area contributed by atoms with Crippen LogP contribution in [0.2, 0.25) is 57.1 Å². The molecule has 21 heteroatoms. The minimum absolute atomic E-state index is 0.0868. The van der Waals surface area contributed by atoms with Crippen molar-refractivity contribution in [2.45, 2.75) is 166 Å². The lowest BCUT2D eigenvalue weighted by molar-refractivity contribution is -0.222. The van der Waals surface area contributed by atoms with Crippen molar-refractivity contribution in [2.24, 2.45) is 0 Å². The third kappa shape index (κ3) is 10.8. The van der Waals surface area contributed by atoms with Crippen LogP contribution < -0.4 is 0 Å². The molecule has 0 spiro atoms. The Morgan fingerprint density at radius 1 is 0.689 bits per heavy atom. The minimum atomic E-state index is -1.94. The minimum Gasteiger partial charge on any atom is -0.414 e. The molecule has 0 aliphatic carbocycles. The molecule has 0 unspecified atom stereocenters. The van der Waals surface area contributed by atoms with Gasteiger partial charge in [-0.15, -0.1) is 0 Å². The third-order valence-corrected chi connectivity index (χ3v) is 22.1. The molecule has 15 nitrogen and oxygen atoms in total. The summed E-state index contributed by atoms with van der Waals surface area (Å²) in [5.41, 5.74) is 1.26. The largest absolute Gasteiger partial charge is 0.414 e. The van der Waals surface area contributed by atoms with Crippen molar-refractivity contribution in [3.63, 3.8) is 0 Å². The van der Waals surface area contributed by atoms with Crippen molar-refractivity contribution in [2.75, 3.05) is 13.2 Å². The molecule has 8 heterocycles. The number of rotatable bonds is 7. The summed E-state index contributed by atoms with van der Waals surface area (Å²) in [6, 6.07) is 3.65. The Morgan fingerprint density at radius 2 is 1.16 bits per heavy atom. The van der Waals surface area contributed by atoms with Gasteiger partial charge in [0.25, 0.3) is 0 Å². The summed E-state index contributed by atoms with van der Waals surface area (Å²) in [4.78, 5) is 19.0. The first-order valence-electron chi connectivity index (χ1n) is 20.3. The number of aromatic amines is 1. The summed E-state index contributed by atoms with van der Waals surface area (Å²) >= 11 is 23.6. The van der Waals surface area contributed by atoms with E-state index in [1.807, 2.05) is 44.5 Å². The fourth-order valence-corrected chi connectivity index (χ4v) is 9.79. The number of aliphatic hydroxyl groups excluding tert-OH is 1. The predicted octanol–water partition coefficient (Wildman–Crippen LogP) is 9.69. The summed E-state index contributed by atoms with van der Waals surface area (Å²) in [6.45, 7) is 30.5. The van der Waals surface area contributed by atoms with Crippen LogP contribution in [-0.2, 0) is 37.3 Å². The van der Waals surface area contributed by atoms with Crippen molar-refractivity contribution in [3.05, 3.63) is 45.4 Å². The van der Waals surface area contributed by atoms with Gasteiger partial charge >= 0.3 is 0 Å². The number of nitrogens with one attached hydrogen (secondary N) is 1. The molecular formula is C40H60Cl4N6O9Si2. The van der Waals surface area contributed by atoms with Gasteiger partial charge in [0.15, 0.2) is 40.7 Å². The Morgan fingerprint density at radius 3 is 1.72 bits per heavy atom. The normalized spacial score (nSPS) is 28.4. The first-order chi connectivity index (χ1) is 28.0. The lowest BCUT2D eigenvalue weighted by Crippen LogP contribution is -2.44. The molecule has 4 fully saturated rings. The van der Waals surface area contributed by atoms with Crippen molar-refractivity contribution < 1.29 is 42.4 Å². The fourth-order valence-electron chi connectivity index (χ4n) is 6.88. The van der Waals surface area contributed by atoms with Gasteiger partial charge in [-0.05, 0) is 99.3 Å². The molecule has 0 aromatic carbocycles. The quantitative estimate of drug-likeness (QED) is 0.102. The highest BCUT2D eigenvalue weighted by molar-refractivity contribution is 6.74. The summed E-state index contributed by atoms with van der Waals surface area (Å²) in [7, 11) is -3.77. The SMILES string of the molecule is CC1(C)O[C@@H]2[C@H](O1)[C@@H](CO[Si](C)(C)C(C)(C)C)O[C@H]2O.CC1(C)O[C@@H]2[C@H](O1)[C@@H](CO[Si](C)(C)C(C)(C)C)O[C@H]2n1ccc2c(Cl)nc(Cl)nc21.Clc1nc(Cl)c2cc[nH]c2n1. The van der Waals surface area contributed by atoms with E-state index in [9.17, 15) is 5.11 Å². The average Bonchev–Trinajstić information content (AvgIpc) is 3.96. The Balaban J connectivity index is 0.000000171. The number of H-pyrrole nitrogens is 1. The molecule has 0 radical (unpaired) electrons. The first kappa shape index (κ1) is 48.9. The van der Waals surface area contributed by atoms with E-state index in [1.54, 1.807) is 12.3 Å². The Kier molecular flexibility index (Phi) is 14.2. The predicted molar refractivity (Wildman–Crippen MR) is 240 cm³/mol. The highest BCUT2D eigenvalue weighted by atomic mass is 35.5. The molecule has 4 aromatic rings. The number of aliphatic hydroxyl groups is 1. The Hall–Kier alpha value is -1.53. The summed E-state index contributed by atoms with van der Waals surface area (Å²) < 4.78 is 50.4. The van der Waals surface area contributed by atoms with Gasteiger partial charge in [0, 0.05) is 12.4 Å². The topological polar surface area (TPSA) is 166 Å². The number of nitrogens with zero attached hydrogens (tertiary/aromatic N) is 5. The molecule has 0 amide bonds. The second-order valence-electron chi connectivity index (χ2n) is 19.7. The maximum absolute atomic E-state index is 9.92. The molecule has 8 rings (SSSR count). The fraction of sp³-hybridized carbons (Fsp3) is 0.700. The average molecular weight is 967 g/mol. The molecular weight excluding hydrogens is 906 g/mol. The van der Waals surface area contributed by atoms with Crippen LogP contribution in [-0.4, -0.2) is 119 Å². The van der Waals surface area contributed by atoms with E-state index < -0.39 is 46.8 Å². The number of fused-ring (bicyclic) bond motifs is 4. The first-order valence-corrected chi connectivity index (χ1v) is 27.7. The maximum atomic E-state index is 9.92. The van der Waals surface area contributed by atoms with E-state index >= 15 is 0 Å². The van der Waals surface area contributed by atoms with E-state index in [4.69, 9.17) is 83.7 Å². The van der Waals surface area contributed by atoms with Crippen LogP contribution in [0.5, 0.6) is 0 Å². The van der Waals surface area contributed by atoms with Gasteiger partial charge in [-0.25, -0.2) is 9.97 Å². The van der Waals surface area contributed by atoms with Crippen LogP contribution in [0.3, 0.4) is 0 Å². The lowest BCUT2D eigenvalue weighted by atomic mass is 10.1. The van der Waals surface area contributed by atoms with Crippen LogP contribution in [0.4, 0.5) is 0 Å². The van der Waals surface area contributed by atoms with Gasteiger partial charge in [0.05, 0.1) is 24.0 Å². The second-order valence-corrected chi connectivity index (χ2v) is 30.7. The maximum Gasteiger partial charge on any atom is 0.225 e. The van der Waals surface area contributed by atoms with Crippen LogP contribution in [0, 0.1) is 0 Å². The molecule has 4 aliphatic rings. The van der Waals surface area contributed by atoms with E-state index in [2.05, 4.69) is 92.7 Å². The number of ether oxygens (including phenoxy) is 6. The van der Waals surface area contributed by atoms with Crippen LogP contribution in [0.25, 0.3) is 22.1 Å². The monoisotopic (exact) mass is 964 g/mol. The molecule has 61 heavy (non-hydrogen) atoms. The molecule has 0 bridgehead atoms. The highest BCUT2D eigenvalue weighted by Gasteiger charge is 2.57. The van der Waals surface area contributed by atoms with Crippen molar-refractivity contribution in [1.82, 2.24) is 29.5 Å². The molecule has 4 aromatic heterocycles. The number of hydrogen-bond acceptors (Lipinski definition) is 13. The molecule has 0 saturated carbocycles. The number of aromatic nitrogens is 6. The summed E-state index contributed by atoms with van der Waals surface area (Å²) in [5.74, 6) is -1.38. The van der Waals surface area contributed by atoms with Crippen LogP contribution >= 0.6 is 46.4 Å². The zero-order valence-electron chi connectivity index (χ0n) is 37.3. The van der Waals surface area contributed by atoms with Crippen molar-refractivity contribution >= 4 is 85.1 Å². The lowest BCUT2D eigenvalue weighted by Gasteiger charge is -2.37. The standard InChI is InChI=1S/C20H29Cl2N3O4Si.C14H28O5Si.C6H3Cl2N3/c1-19(2,3)30(6,7)26-10-12-13-14(29-20(4,5)28-13)17(27-12)25-9-8-11-15(21)23-18(22)24-16(11)25;1-13(2,3)20(6,7)16-8-9-10-11(12(15)17-9)19-14(4,5)18-10;7-4-3-1-2-9-5(3)11-6(8)10-4/h8-9,12-14,17H,10H2,1-7H3;9-12,15H,8H2,1-7H3;1-2H,(H,9,10,11)/t12-,13-,14-,17-;9-,10-,11-,12-;/m11./s1. The van der Waals surface area contributed by atoms with Gasteiger partial charge in [-0.1, -0.05) is 64.7 Å².